The minimum Gasteiger partial charge on any atom is -0.399 e. The van der Waals surface area contributed by atoms with Gasteiger partial charge in [-0.3, -0.25) is 0 Å². The topological polar surface area (TPSA) is 38.9 Å². The molecule has 0 radical (unpaired) electrons. The lowest BCUT2D eigenvalue weighted by Crippen LogP contribution is -1.84. The third-order valence-electron chi connectivity index (χ3n) is 2.41. The highest BCUT2D eigenvalue weighted by Gasteiger charge is 2.07. The minimum absolute atomic E-state index is 0.773. The quantitative estimate of drug-likeness (QED) is 0.702. The first-order chi connectivity index (χ1) is 8.33. The van der Waals surface area contributed by atoms with Crippen LogP contribution < -0.4 is 5.73 Å². The summed E-state index contributed by atoms with van der Waals surface area (Å²) in [6, 6.07) is 12.0. The summed E-state index contributed by atoms with van der Waals surface area (Å²) in [5.41, 5.74) is 8.67. The first-order valence-corrected chi connectivity index (χ1v) is 6.94. The highest BCUT2D eigenvalue weighted by Crippen LogP contribution is 2.31. The molecule has 0 amide bonds. The number of hydrogen-bond donors (Lipinski definition) is 1. The van der Waals surface area contributed by atoms with Crippen molar-refractivity contribution >= 4 is 28.4 Å². The molecular formula is C13H10N2S2. The lowest BCUT2D eigenvalue weighted by atomic mass is 10.2. The fourth-order valence-corrected chi connectivity index (χ4v) is 3.19. The molecule has 0 atom stereocenters. The number of hydrogen-bond acceptors (Lipinski definition) is 4. The lowest BCUT2D eigenvalue weighted by Gasteiger charge is -1.97. The molecule has 0 unspecified atom stereocenters. The Hall–Kier alpha value is -1.65. The van der Waals surface area contributed by atoms with Gasteiger partial charge >= 0.3 is 0 Å². The summed E-state index contributed by atoms with van der Waals surface area (Å²) in [7, 11) is 0. The maximum atomic E-state index is 5.78. The molecule has 2 nitrogen and oxygen atoms in total. The van der Waals surface area contributed by atoms with Crippen LogP contribution in [0.5, 0.6) is 0 Å². The van der Waals surface area contributed by atoms with E-state index in [2.05, 4.69) is 21.8 Å². The Morgan fingerprint density at radius 1 is 1.06 bits per heavy atom. The van der Waals surface area contributed by atoms with E-state index in [1.54, 1.807) is 22.7 Å². The second-order valence-corrected chi connectivity index (χ2v) is 5.45. The molecule has 0 aliphatic rings. The second kappa shape index (κ2) is 4.31. The number of thiophene rings is 1. The van der Waals surface area contributed by atoms with Gasteiger partial charge in [-0.2, -0.15) is 0 Å². The molecule has 0 fully saturated rings. The SMILES string of the molecule is Nc1cccc(-c2nc(-c3cccs3)cs2)c1. The number of nitrogens with two attached hydrogens (primary N) is 1. The first-order valence-electron chi connectivity index (χ1n) is 5.18. The van der Waals surface area contributed by atoms with Crippen molar-refractivity contribution in [1.82, 2.24) is 4.98 Å². The van der Waals surface area contributed by atoms with Crippen molar-refractivity contribution in [2.24, 2.45) is 0 Å². The van der Waals surface area contributed by atoms with Gasteiger partial charge < -0.3 is 5.73 Å². The Labute approximate surface area is 107 Å². The van der Waals surface area contributed by atoms with Crippen LogP contribution in [0.3, 0.4) is 0 Å². The number of thiazole rings is 1. The molecule has 84 valence electrons. The zero-order chi connectivity index (χ0) is 11.7. The van der Waals surface area contributed by atoms with Crippen LogP contribution in [0.1, 0.15) is 0 Å². The average Bonchev–Trinajstić information content (AvgIpc) is 3.00. The molecule has 2 N–H and O–H groups in total. The molecule has 0 aliphatic carbocycles. The predicted molar refractivity (Wildman–Crippen MR) is 75.3 cm³/mol. The van der Waals surface area contributed by atoms with Crippen molar-refractivity contribution in [3.05, 3.63) is 47.2 Å². The van der Waals surface area contributed by atoms with E-state index < -0.39 is 0 Å². The van der Waals surface area contributed by atoms with Gasteiger partial charge in [0.2, 0.25) is 0 Å². The van der Waals surface area contributed by atoms with E-state index in [-0.39, 0.29) is 0 Å². The van der Waals surface area contributed by atoms with Crippen molar-refractivity contribution in [2.75, 3.05) is 5.73 Å². The van der Waals surface area contributed by atoms with Gasteiger partial charge in [-0.1, -0.05) is 18.2 Å². The molecular weight excluding hydrogens is 248 g/mol. The molecule has 3 aromatic rings. The summed E-state index contributed by atoms with van der Waals surface area (Å²) >= 11 is 3.36. The van der Waals surface area contributed by atoms with Crippen LogP contribution in [0, 0.1) is 0 Å². The Balaban J connectivity index is 2.01. The van der Waals surface area contributed by atoms with Gasteiger partial charge in [-0.25, -0.2) is 4.98 Å². The molecule has 4 heteroatoms. The van der Waals surface area contributed by atoms with E-state index in [1.807, 2.05) is 30.3 Å². The van der Waals surface area contributed by atoms with Crippen LogP contribution in [0.4, 0.5) is 5.69 Å². The molecule has 2 heterocycles. The summed E-state index contributed by atoms with van der Waals surface area (Å²) in [5, 5.41) is 5.17. The van der Waals surface area contributed by atoms with Crippen LogP contribution in [0.25, 0.3) is 21.1 Å². The number of nitrogen functional groups attached to an aromatic ring is 1. The molecule has 0 bridgehead atoms. The van der Waals surface area contributed by atoms with E-state index in [0.717, 1.165) is 22.0 Å². The molecule has 0 spiro atoms. The number of nitrogens with zero attached hydrogens (tertiary/aromatic N) is 1. The van der Waals surface area contributed by atoms with Gasteiger partial charge in [0.15, 0.2) is 0 Å². The lowest BCUT2D eigenvalue weighted by molar-refractivity contribution is 1.42. The highest BCUT2D eigenvalue weighted by atomic mass is 32.1. The molecule has 3 rings (SSSR count). The Morgan fingerprint density at radius 2 is 2.00 bits per heavy atom. The second-order valence-electron chi connectivity index (χ2n) is 3.64. The van der Waals surface area contributed by atoms with Gasteiger partial charge in [-0.05, 0) is 23.6 Å². The van der Waals surface area contributed by atoms with Gasteiger partial charge in [0.05, 0.1) is 10.6 Å². The number of benzene rings is 1. The predicted octanol–water partition coefficient (Wildman–Crippen LogP) is 4.12. The van der Waals surface area contributed by atoms with Crippen molar-refractivity contribution < 1.29 is 0 Å². The fraction of sp³-hybridized carbons (Fsp3) is 0. The van der Waals surface area contributed by atoms with Crippen LogP contribution >= 0.6 is 22.7 Å². The van der Waals surface area contributed by atoms with E-state index in [1.165, 1.54) is 4.88 Å². The summed E-state index contributed by atoms with van der Waals surface area (Å²) in [4.78, 5) is 5.84. The van der Waals surface area contributed by atoms with Crippen LogP contribution in [-0.2, 0) is 0 Å². The third kappa shape index (κ3) is 2.09. The van der Waals surface area contributed by atoms with E-state index in [4.69, 9.17) is 5.73 Å². The summed E-state index contributed by atoms with van der Waals surface area (Å²) in [5.74, 6) is 0. The zero-order valence-corrected chi connectivity index (χ0v) is 10.6. The van der Waals surface area contributed by atoms with E-state index in [0.29, 0.717) is 0 Å². The highest BCUT2D eigenvalue weighted by molar-refractivity contribution is 7.15. The monoisotopic (exact) mass is 258 g/mol. The zero-order valence-electron chi connectivity index (χ0n) is 8.96. The number of anilines is 1. The van der Waals surface area contributed by atoms with Gasteiger partial charge in [0.25, 0.3) is 0 Å². The van der Waals surface area contributed by atoms with E-state index in [9.17, 15) is 0 Å². The summed E-state index contributed by atoms with van der Waals surface area (Å²) < 4.78 is 0. The van der Waals surface area contributed by atoms with Gasteiger partial charge in [0.1, 0.15) is 5.01 Å². The van der Waals surface area contributed by atoms with Crippen LogP contribution in [0.15, 0.2) is 47.2 Å². The van der Waals surface area contributed by atoms with Gasteiger partial charge in [-0.15, -0.1) is 22.7 Å². The largest absolute Gasteiger partial charge is 0.399 e. The first kappa shape index (κ1) is 10.5. The van der Waals surface area contributed by atoms with Crippen LogP contribution in [0.2, 0.25) is 0 Å². The van der Waals surface area contributed by atoms with Crippen molar-refractivity contribution in [3.8, 4) is 21.1 Å². The average molecular weight is 258 g/mol. The minimum atomic E-state index is 0.773. The Bertz CT molecular complexity index is 626. The molecule has 2 aromatic heterocycles. The summed E-state index contributed by atoms with van der Waals surface area (Å²) in [6.45, 7) is 0. The molecule has 0 saturated carbocycles. The molecule has 0 aliphatic heterocycles. The third-order valence-corrected chi connectivity index (χ3v) is 4.20. The number of rotatable bonds is 2. The standard InChI is InChI=1S/C13H10N2S2/c14-10-4-1-3-9(7-10)13-15-11(8-17-13)12-5-2-6-16-12/h1-8H,14H2. The van der Waals surface area contributed by atoms with Crippen molar-refractivity contribution in [2.45, 2.75) is 0 Å². The molecule has 17 heavy (non-hydrogen) atoms. The van der Waals surface area contributed by atoms with Crippen LogP contribution in [-0.4, -0.2) is 4.98 Å². The Kier molecular flexibility index (Phi) is 2.66. The maximum Gasteiger partial charge on any atom is 0.124 e. The molecule has 1 aromatic carbocycles. The fourth-order valence-electron chi connectivity index (χ4n) is 1.62. The van der Waals surface area contributed by atoms with Gasteiger partial charge in [0, 0.05) is 16.6 Å². The normalized spacial score (nSPS) is 10.6. The van der Waals surface area contributed by atoms with E-state index >= 15 is 0 Å². The summed E-state index contributed by atoms with van der Waals surface area (Å²) in [6.07, 6.45) is 0. The molecule has 0 saturated heterocycles. The van der Waals surface area contributed by atoms with Crippen molar-refractivity contribution in [1.29, 1.82) is 0 Å². The smallest absolute Gasteiger partial charge is 0.124 e. The van der Waals surface area contributed by atoms with Crippen molar-refractivity contribution in [3.63, 3.8) is 0 Å². The number of aromatic nitrogens is 1. The maximum absolute atomic E-state index is 5.78. The Morgan fingerprint density at radius 3 is 2.76 bits per heavy atom.